The van der Waals surface area contributed by atoms with Crippen molar-refractivity contribution in [2.45, 2.75) is 19.8 Å². The number of hydrogen-bond donors (Lipinski definition) is 2. The lowest BCUT2D eigenvalue weighted by atomic mass is 9.99. The third-order valence-corrected chi connectivity index (χ3v) is 6.19. The van der Waals surface area contributed by atoms with Crippen LogP contribution >= 0.6 is 11.8 Å². The molecule has 0 saturated heterocycles. The fourth-order valence-electron chi connectivity index (χ4n) is 3.37. The highest BCUT2D eigenvalue weighted by molar-refractivity contribution is 8.13. The number of aromatic carboxylic acids is 1. The highest BCUT2D eigenvalue weighted by Gasteiger charge is 2.22. The highest BCUT2D eigenvalue weighted by Crippen LogP contribution is 2.23. The van der Waals surface area contributed by atoms with Gasteiger partial charge in [-0.1, -0.05) is 78.5 Å². The highest BCUT2D eigenvalue weighted by atomic mass is 32.2. The van der Waals surface area contributed by atoms with E-state index in [-0.39, 0.29) is 16.6 Å². The van der Waals surface area contributed by atoms with Crippen LogP contribution in [0.15, 0.2) is 78.9 Å². The maximum absolute atomic E-state index is 13.1. The molecule has 0 radical (unpaired) electrons. The van der Waals surface area contributed by atoms with Crippen molar-refractivity contribution in [1.29, 1.82) is 0 Å². The molecule has 5 nitrogen and oxygen atoms in total. The van der Waals surface area contributed by atoms with E-state index in [9.17, 15) is 19.5 Å². The number of rotatable bonds is 9. The predicted octanol–water partition coefficient (Wildman–Crippen LogP) is 4.99. The number of thioether (sulfide) groups is 1. The van der Waals surface area contributed by atoms with Crippen LogP contribution in [0.1, 0.15) is 27.0 Å². The van der Waals surface area contributed by atoms with Crippen molar-refractivity contribution in [2.24, 2.45) is 5.92 Å². The summed E-state index contributed by atoms with van der Waals surface area (Å²) >= 11 is 1.16. The molecule has 0 heterocycles. The molecule has 2 N–H and O–H groups in total. The Morgan fingerprint density at radius 1 is 0.875 bits per heavy atom. The molecular weight excluding hydrogens is 422 g/mol. The molecule has 3 rings (SSSR count). The van der Waals surface area contributed by atoms with E-state index in [0.29, 0.717) is 29.8 Å². The lowest BCUT2D eigenvalue weighted by Crippen LogP contribution is -2.27. The van der Waals surface area contributed by atoms with E-state index in [2.05, 4.69) is 5.32 Å². The van der Waals surface area contributed by atoms with Gasteiger partial charge in [-0.25, -0.2) is 4.79 Å². The Balaban J connectivity index is 1.72. The molecule has 0 fully saturated rings. The molecule has 0 saturated carbocycles. The van der Waals surface area contributed by atoms with Gasteiger partial charge in [-0.05, 0) is 42.2 Å². The van der Waals surface area contributed by atoms with Gasteiger partial charge in [0.2, 0.25) is 5.91 Å². The molecule has 164 valence electrons. The van der Waals surface area contributed by atoms with Crippen LogP contribution in [0.3, 0.4) is 0 Å². The second-order valence-electron chi connectivity index (χ2n) is 7.50. The standard InChI is InChI=1S/C26H25NO4S/c1-18-22(26(30)31)13-8-14-23(18)27-25(29)21(15-19-9-4-2-5-10-19)17-32-24(28)16-20-11-6-3-7-12-20/h2-14,21H,15-17H2,1H3,(H,27,29)(H,30,31). The molecule has 0 aliphatic rings. The van der Waals surface area contributed by atoms with Crippen molar-refractivity contribution >= 4 is 34.4 Å². The van der Waals surface area contributed by atoms with E-state index < -0.39 is 11.9 Å². The van der Waals surface area contributed by atoms with E-state index in [1.54, 1.807) is 19.1 Å². The average Bonchev–Trinajstić information content (AvgIpc) is 2.79. The largest absolute Gasteiger partial charge is 0.478 e. The van der Waals surface area contributed by atoms with Crippen LogP contribution in [0.2, 0.25) is 0 Å². The Labute approximate surface area is 191 Å². The Hall–Kier alpha value is -3.38. The fraction of sp³-hybridized carbons (Fsp3) is 0.192. The van der Waals surface area contributed by atoms with Crippen molar-refractivity contribution < 1.29 is 19.5 Å². The number of nitrogens with one attached hydrogen (secondary N) is 1. The SMILES string of the molecule is Cc1c(NC(=O)C(CSC(=O)Cc2ccccc2)Cc2ccccc2)cccc1C(=O)O. The van der Waals surface area contributed by atoms with Crippen molar-refractivity contribution in [1.82, 2.24) is 0 Å². The Bertz CT molecular complexity index is 1080. The zero-order valence-electron chi connectivity index (χ0n) is 17.8. The minimum Gasteiger partial charge on any atom is -0.478 e. The Morgan fingerprint density at radius 3 is 2.12 bits per heavy atom. The monoisotopic (exact) mass is 447 g/mol. The Morgan fingerprint density at radius 2 is 1.50 bits per heavy atom. The molecule has 0 aliphatic carbocycles. The van der Waals surface area contributed by atoms with Gasteiger partial charge < -0.3 is 10.4 Å². The smallest absolute Gasteiger partial charge is 0.336 e. The first-order valence-electron chi connectivity index (χ1n) is 10.3. The third kappa shape index (κ3) is 6.56. The number of carbonyl (C=O) groups is 3. The second kappa shape index (κ2) is 11.3. The first kappa shape index (κ1) is 23.3. The van der Waals surface area contributed by atoms with Gasteiger partial charge in [0.15, 0.2) is 5.12 Å². The summed E-state index contributed by atoms with van der Waals surface area (Å²) < 4.78 is 0. The molecule has 3 aromatic rings. The van der Waals surface area contributed by atoms with Gasteiger partial charge in [0.05, 0.1) is 11.5 Å². The first-order valence-corrected chi connectivity index (χ1v) is 11.3. The minimum atomic E-state index is -1.04. The van der Waals surface area contributed by atoms with Crippen molar-refractivity contribution in [3.8, 4) is 0 Å². The summed E-state index contributed by atoms with van der Waals surface area (Å²) in [5.74, 6) is -1.39. The van der Waals surface area contributed by atoms with Gasteiger partial charge in [0.1, 0.15) is 0 Å². The van der Waals surface area contributed by atoms with Crippen molar-refractivity contribution in [2.75, 3.05) is 11.1 Å². The zero-order chi connectivity index (χ0) is 22.9. The van der Waals surface area contributed by atoms with Crippen LogP contribution in [-0.2, 0) is 22.4 Å². The lowest BCUT2D eigenvalue weighted by molar-refractivity contribution is -0.119. The molecule has 3 aromatic carbocycles. The number of carboxylic acid groups (broad SMARTS) is 1. The van der Waals surface area contributed by atoms with E-state index in [4.69, 9.17) is 0 Å². The zero-order valence-corrected chi connectivity index (χ0v) is 18.6. The molecule has 32 heavy (non-hydrogen) atoms. The van der Waals surface area contributed by atoms with Crippen LogP contribution < -0.4 is 5.32 Å². The summed E-state index contributed by atoms with van der Waals surface area (Å²) in [4.78, 5) is 37.0. The number of benzene rings is 3. The van der Waals surface area contributed by atoms with Crippen LogP contribution in [-0.4, -0.2) is 27.9 Å². The van der Waals surface area contributed by atoms with E-state index in [0.717, 1.165) is 22.9 Å². The fourth-order valence-corrected chi connectivity index (χ4v) is 4.30. The normalized spacial score (nSPS) is 11.5. The molecule has 6 heteroatoms. The molecule has 1 unspecified atom stereocenters. The van der Waals surface area contributed by atoms with Crippen LogP contribution in [0.25, 0.3) is 0 Å². The summed E-state index contributed by atoms with van der Waals surface area (Å²) in [7, 11) is 0. The molecule has 0 aliphatic heterocycles. The number of carbonyl (C=O) groups excluding carboxylic acids is 2. The summed E-state index contributed by atoms with van der Waals surface area (Å²) in [5, 5.41) is 12.2. The van der Waals surface area contributed by atoms with Crippen molar-refractivity contribution in [3.05, 3.63) is 101 Å². The molecule has 0 bridgehead atoms. The first-order chi connectivity index (χ1) is 15.4. The molecule has 0 aromatic heterocycles. The number of carboxylic acids is 1. The van der Waals surface area contributed by atoms with E-state index in [1.165, 1.54) is 6.07 Å². The molecule has 1 atom stereocenters. The number of amides is 1. The summed E-state index contributed by atoms with van der Waals surface area (Å²) in [6.07, 6.45) is 0.793. The van der Waals surface area contributed by atoms with Gasteiger partial charge in [-0.15, -0.1) is 0 Å². The third-order valence-electron chi connectivity index (χ3n) is 5.15. The summed E-state index contributed by atoms with van der Waals surface area (Å²) in [6.45, 7) is 1.67. The van der Waals surface area contributed by atoms with Gasteiger partial charge in [0, 0.05) is 17.9 Å². The molecule has 0 spiro atoms. The van der Waals surface area contributed by atoms with Crippen LogP contribution in [0.4, 0.5) is 5.69 Å². The van der Waals surface area contributed by atoms with Gasteiger partial charge in [0.25, 0.3) is 0 Å². The van der Waals surface area contributed by atoms with Gasteiger partial charge in [-0.3, -0.25) is 9.59 Å². The topological polar surface area (TPSA) is 83.5 Å². The van der Waals surface area contributed by atoms with E-state index in [1.807, 2.05) is 60.7 Å². The quantitative estimate of drug-likeness (QED) is 0.483. The second-order valence-corrected chi connectivity index (χ2v) is 8.58. The van der Waals surface area contributed by atoms with Gasteiger partial charge >= 0.3 is 5.97 Å². The predicted molar refractivity (Wildman–Crippen MR) is 128 cm³/mol. The van der Waals surface area contributed by atoms with Crippen LogP contribution in [0, 0.1) is 12.8 Å². The number of hydrogen-bond acceptors (Lipinski definition) is 4. The van der Waals surface area contributed by atoms with Gasteiger partial charge in [-0.2, -0.15) is 0 Å². The molecule has 1 amide bonds. The maximum atomic E-state index is 13.1. The summed E-state index contributed by atoms with van der Waals surface area (Å²) in [6, 6.07) is 24.0. The van der Waals surface area contributed by atoms with Crippen molar-refractivity contribution in [3.63, 3.8) is 0 Å². The Kier molecular flexibility index (Phi) is 8.22. The molecular formula is C26H25NO4S. The average molecular weight is 448 g/mol. The maximum Gasteiger partial charge on any atom is 0.336 e. The van der Waals surface area contributed by atoms with E-state index >= 15 is 0 Å². The summed E-state index contributed by atoms with van der Waals surface area (Å²) in [5.41, 5.74) is 3.05. The lowest BCUT2D eigenvalue weighted by Gasteiger charge is -2.18. The number of anilines is 1. The minimum absolute atomic E-state index is 0.00566. The van der Waals surface area contributed by atoms with Crippen LogP contribution in [0.5, 0.6) is 0 Å².